The lowest BCUT2D eigenvalue weighted by Gasteiger charge is -2.34. The molecule has 2 heterocycles. The van der Waals surface area contributed by atoms with Gasteiger partial charge in [0.25, 0.3) is 0 Å². The minimum Gasteiger partial charge on any atom is -0.497 e. The summed E-state index contributed by atoms with van der Waals surface area (Å²) in [5.41, 5.74) is 2.04. The Morgan fingerprint density at radius 2 is 1.54 bits per heavy atom. The van der Waals surface area contributed by atoms with Crippen LogP contribution in [0.25, 0.3) is 0 Å². The van der Waals surface area contributed by atoms with Crippen LogP contribution in [0.15, 0.2) is 59.5 Å². The molecule has 1 unspecified atom stereocenters. The number of nitrogens with one attached hydrogen (secondary N) is 2. The monoisotopic (exact) mass is 494 g/mol. The summed E-state index contributed by atoms with van der Waals surface area (Å²) in [7, 11) is 0.409. The maximum absolute atomic E-state index is 13.1. The van der Waals surface area contributed by atoms with E-state index in [2.05, 4.69) is 55.4 Å². The van der Waals surface area contributed by atoms with Crippen molar-refractivity contribution in [1.82, 2.24) is 14.3 Å². The molecule has 1 aliphatic heterocycles. The van der Waals surface area contributed by atoms with Gasteiger partial charge in [-0.2, -0.15) is 9.97 Å². The lowest BCUT2D eigenvalue weighted by molar-refractivity contribution is 0.406. The van der Waals surface area contributed by atoms with Gasteiger partial charge in [-0.1, -0.05) is 17.7 Å². The fraction of sp³-hybridized carbons (Fsp3) is 0.385. The molecule has 2 N–H and O–H groups in total. The van der Waals surface area contributed by atoms with E-state index in [9.17, 15) is 4.21 Å². The smallest absolute Gasteiger partial charge is 0.229 e. The van der Waals surface area contributed by atoms with Crippen molar-refractivity contribution in [1.29, 1.82) is 0 Å². The van der Waals surface area contributed by atoms with Crippen molar-refractivity contribution >= 4 is 34.3 Å². The van der Waals surface area contributed by atoms with Crippen LogP contribution in [0.5, 0.6) is 5.75 Å². The van der Waals surface area contributed by atoms with Crippen LogP contribution in [-0.4, -0.2) is 57.3 Å². The summed E-state index contributed by atoms with van der Waals surface area (Å²) in [5, 5.41) is 6.87. The topological polar surface area (TPSA) is 82.6 Å². The Kier molecular flexibility index (Phi) is 7.57. The molecule has 3 aromatic rings. The lowest BCUT2D eigenvalue weighted by atomic mass is 10.1. The van der Waals surface area contributed by atoms with Crippen molar-refractivity contribution < 1.29 is 8.95 Å². The number of hydrogen-bond acceptors (Lipinski definition) is 7. The molecule has 8 nitrogen and oxygen atoms in total. The average Bonchev–Trinajstić information content (AvgIpc) is 2.84. The van der Waals surface area contributed by atoms with Crippen molar-refractivity contribution in [3.05, 3.63) is 60.2 Å². The number of benzene rings is 2. The molecule has 1 atom stereocenters. The second-order valence-electron chi connectivity index (χ2n) is 9.65. The minimum absolute atomic E-state index is 0.138. The van der Waals surface area contributed by atoms with Gasteiger partial charge in [0.15, 0.2) is 0 Å². The highest BCUT2D eigenvalue weighted by molar-refractivity contribution is 7.82. The molecule has 0 amide bonds. The molecule has 0 radical (unpaired) electrons. The van der Waals surface area contributed by atoms with Gasteiger partial charge in [0.1, 0.15) is 28.4 Å². The maximum atomic E-state index is 13.1. The van der Waals surface area contributed by atoms with Gasteiger partial charge >= 0.3 is 0 Å². The molecule has 4 rings (SSSR count). The Bertz CT molecular complexity index is 1150. The fourth-order valence-electron chi connectivity index (χ4n) is 3.77. The molecule has 9 heteroatoms. The van der Waals surface area contributed by atoms with Gasteiger partial charge in [-0.05, 0) is 64.1 Å². The predicted octanol–water partition coefficient (Wildman–Crippen LogP) is 4.59. The zero-order chi connectivity index (χ0) is 25.0. The first kappa shape index (κ1) is 24.9. The van der Waals surface area contributed by atoms with Crippen LogP contribution in [0.4, 0.5) is 23.3 Å². The molecule has 2 aromatic carbocycles. The first-order chi connectivity index (χ1) is 16.7. The molecular weight excluding hydrogens is 460 g/mol. The zero-order valence-corrected chi connectivity index (χ0v) is 21.9. The van der Waals surface area contributed by atoms with Gasteiger partial charge in [0.05, 0.1) is 12.0 Å². The Morgan fingerprint density at radius 1 is 0.914 bits per heavy atom. The van der Waals surface area contributed by atoms with E-state index in [1.165, 1.54) is 5.56 Å². The van der Waals surface area contributed by atoms with E-state index in [0.717, 1.165) is 28.0 Å². The summed E-state index contributed by atoms with van der Waals surface area (Å²) in [4.78, 5) is 12.5. The molecular formula is C26H34N6O2S. The number of methoxy groups -OCH3 is 1. The fourth-order valence-corrected chi connectivity index (χ4v) is 4.93. The number of aryl methyl sites for hydroxylation is 1. The van der Waals surface area contributed by atoms with Crippen LogP contribution in [0.2, 0.25) is 0 Å². The van der Waals surface area contributed by atoms with Crippen molar-refractivity contribution in [3.63, 3.8) is 0 Å². The first-order valence-corrected chi connectivity index (χ1v) is 12.9. The van der Waals surface area contributed by atoms with Crippen molar-refractivity contribution in [2.75, 3.05) is 48.8 Å². The Balaban J connectivity index is 1.49. The largest absolute Gasteiger partial charge is 0.497 e. The van der Waals surface area contributed by atoms with Gasteiger partial charge in [-0.15, -0.1) is 0 Å². The second-order valence-corrected chi connectivity index (χ2v) is 11.1. The standard InChI is InChI=1S/C26H34N6O2S/c1-19-6-8-20(9-7-19)27-23-18-24(30-26(2,3)4)29-25(28-23)31-14-16-32(17-15-31)35(33)22-12-10-21(34-5)11-13-22/h6-13,18H,14-17H2,1-5H3,(H2,27,28,29,30). The third-order valence-electron chi connectivity index (χ3n) is 5.56. The third kappa shape index (κ3) is 6.70. The Hall–Kier alpha value is -3.17. The molecule has 186 valence electrons. The number of piperazine rings is 1. The van der Waals surface area contributed by atoms with Crippen molar-refractivity contribution in [3.8, 4) is 5.75 Å². The van der Waals surface area contributed by atoms with E-state index in [4.69, 9.17) is 14.7 Å². The minimum atomic E-state index is -1.22. The molecule has 35 heavy (non-hydrogen) atoms. The summed E-state index contributed by atoms with van der Waals surface area (Å²) >= 11 is 0. The summed E-state index contributed by atoms with van der Waals surface area (Å²) in [6.45, 7) is 11.1. The molecule has 1 saturated heterocycles. The van der Waals surface area contributed by atoms with Crippen molar-refractivity contribution in [2.45, 2.75) is 38.1 Å². The van der Waals surface area contributed by atoms with Gasteiger partial charge in [-0.25, -0.2) is 8.51 Å². The van der Waals surface area contributed by atoms with Crippen molar-refractivity contribution in [2.24, 2.45) is 0 Å². The molecule has 0 bridgehead atoms. The number of rotatable bonds is 7. The Morgan fingerprint density at radius 3 is 2.14 bits per heavy atom. The lowest BCUT2D eigenvalue weighted by Crippen LogP contribution is -2.47. The van der Waals surface area contributed by atoms with Gasteiger partial charge < -0.3 is 20.3 Å². The highest BCUT2D eigenvalue weighted by Gasteiger charge is 2.25. The maximum Gasteiger partial charge on any atom is 0.229 e. The number of ether oxygens (including phenoxy) is 1. The zero-order valence-electron chi connectivity index (χ0n) is 21.0. The Labute approximate surface area is 210 Å². The van der Waals surface area contributed by atoms with Crippen LogP contribution in [0, 0.1) is 6.92 Å². The number of hydrogen-bond donors (Lipinski definition) is 2. The van der Waals surface area contributed by atoms with E-state index in [1.54, 1.807) is 7.11 Å². The van der Waals surface area contributed by atoms with E-state index in [-0.39, 0.29) is 5.54 Å². The molecule has 0 saturated carbocycles. The van der Waals surface area contributed by atoms with E-state index < -0.39 is 11.0 Å². The normalized spacial score (nSPS) is 15.5. The number of anilines is 4. The van der Waals surface area contributed by atoms with Gasteiger partial charge in [-0.3, -0.25) is 0 Å². The molecule has 0 aliphatic carbocycles. The quantitative estimate of drug-likeness (QED) is 0.497. The van der Waals surface area contributed by atoms with Gasteiger partial charge in [0, 0.05) is 43.5 Å². The summed E-state index contributed by atoms with van der Waals surface area (Å²) < 4.78 is 20.3. The molecule has 0 spiro atoms. The van der Waals surface area contributed by atoms with E-state index in [1.807, 2.05) is 46.8 Å². The third-order valence-corrected chi connectivity index (χ3v) is 7.07. The average molecular weight is 495 g/mol. The molecule has 1 aliphatic rings. The van der Waals surface area contributed by atoms with Crippen LogP contribution >= 0.6 is 0 Å². The predicted molar refractivity (Wildman–Crippen MR) is 143 cm³/mol. The van der Waals surface area contributed by atoms with E-state index >= 15 is 0 Å². The van der Waals surface area contributed by atoms with Crippen LogP contribution in [0.3, 0.4) is 0 Å². The molecule has 1 aromatic heterocycles. The summed E-state index contributed by atoms with van der Waals surface area (Å²) in [5.74, 6) is 2.91. The summed E-state index contributed by atoms with van der Waals surface area (Å²) in [6, 6.07) is 17.6. The highest BCUT2D eigenvalue weighted by atomic mass is 32.2. The number of nitrogens with zero attached hydrogens (tertiary/aromatic N) is 4. The van der Waals surface area contributed by atoms with Crippen LogP contribution in [0.1, 0.15) is 26.3 Å². The first-order valence-electron chi connectivity index (χ1n) is 11.8. The van der Waals surface area contributed by atoms with Crippen LogP contribution < -0.4 is 20.3 Å². The SMILES string of the molecule is COc1ccc(S(=O)N2CCN(c3nc(Nc4ccc(C)cc4)cc(NC(C)(C)C)n3)CC2)cc1. The molecule has 1 fully saturated rings. The van der Waals surface area contributed by atoms with E-state index in [0.29, 0.717) is 32.1 Å². The summed E-state index contributed by atoms with van der Waals surface area (Å²) in [6.07, 6.45) is 0. The second kappa shape index (κ2) is 10.6. The van der Waals surface area contributed by atoms with Crippen LogP contribution in [-0.2, 0) is 11.0 Å². The van der Waals surface area contributed by atoms with Gasteiger partial charge in [0.2, 0.25) is 5.95 Å². The number of aromatic nitrogens is 2. The highest BCUT2D eigenvalue weighted by Crippen LogP contribution is 2.25.